The molecule has 0 aromatic carbocycles. The first-order valence-electron chi connectivity index (χ1n) is 4.92. The number of aromatic nitrogens is 3. The van der Waals surface area contributed by atoms with Crippen LogP contribution in [0.25, 0.3) is 0 Å². The lowest BCUT2D eigenvalue weighted by Gasteiger charge is -2.14. The average molecular weight is 259 g/mol. The molecule has 1 aromatic rings. The Labute approximate surface area is 103 Å². The van der Waals surface area contributed by atoms with E-state index < -0.39 is 0 Å². The van der Waals surface area contributed by atoms with Gasteiger partial charge in [-0.05, 0) is 0 Å². The first kappa shape index (κ1) is 11.8. The van der Waals surface area contributed by atoms with Gasteiger partial charge in [-0.15, -0.1) is 16.6 Å². The Morgan fingerprint density at radius 1 is 1.24 bits per heavy atom. The maximum Gasteiger partial charge on any atom is 0.324 e. The number of anilines is 1. The standard InChI is InChI=1S/C9H11ClN4O3/c1-16-8-11-7(12-9(13-8)17-2)14-4-5(10)3-6(14)15/h5H,3-4H2,1-2H3. The van der Waals surface area contributed by atoms with Gasteiger partial charge in [-0.25, -0.2) is 0 Å². The van der Waals surface area contributed by atoms with Crippen LogP contribution < -0.4 is 14.4 Å². The fourth-order valence-electron chi connectivity index (χ4n) is 1.49. The maximum absolute atomic E-state index is 11.6. The molecule has 1 unspecified atom stereocenters. The number of methoxy groups -OCH3 is 2. The Morgan fingerprint density at radius 3 is 2.24 bits per heavy atom. The Bertz CT molecular complexity index is 420. The first-order chi connectivity index (χ1) is 8.13. The number of alkyl halides is 1. The van der Waals surface area contributed by atoms with E-state index in [1.165, 1.54) is 19.1 Å². The molecule has 92 valence electrons. The number of rotatable bonds is 3. The third-order valence-corrected chi connectivity index (χ3v) is 2.56. The van der Waals surface area contributed by atoms with Crippen molar-refractivity contribution >= 4 is 23.5 Å². The molecule has 0 bridgehead atoms. The van der Waals surface area contributed by atoms with E-state index in [0.29, 0.717) is 6.54 Å². The van der Waals surface area contributed by atoms with Crippen molar-refractivity contribution in [2.24, 2.45) is 0 Å². The molecule has 1 saturated heterocycles. The average Bonchev–Trinajstić information content (AvgIpc) is 2.67. The fourth-order valence-corrected chi connectivity index (χ4v) is 1.76. The van der Waals surface area contributed by atoms with Crippen molar-refractivity contribution in [1.82, 2.24) is 15.0 Å². The largest absolute Gasteiger partial charge is 0.467 e. The number of hydrogen-bond donors (Lipinski definition) is 0. The molecule has 1 aliphatic rings. The Hall–Kier alpha value is -1.63. The zero-order valence-electron chi connectivity index (χ0n) is 9.38. The lowest BCUT2D eigenvalue weighted by atomic mass is 10.4. The SMILES string of the molecule is COc1nc(OC)nc(N2CC(Cl)CC2=O)n1. The van der Waals surface area contributed by atoms with Crippen LogP contribution in [-0.2, 0) is 4.79 Å². The van der Waals surface area contributed by atoms with E-state index in [1.54, 1.807) is 0 Å². The highest BCUT2D eigenvalue weighted by Gasteiger charge is 2.31. The third kappa shape index (κ3) is 2.38. The third-order valence-electron chi connectivity index (χ3n) is 2.27. The van der Waals surface area contributed by atoms with E-state index in [2.05, 4.69) is 15.0 Å². The molecule has 1 aromatic heterocycles. The Kier molecular flexibility index (Phi) is 3.28. The molecule has 0 N–H and O–H groups in total. The summed E-state index contributed by atoms with van der Waals surface area (Å²) < 4.78 is 9.81. The zero-order valence-corrected chi connectivity index (χ0v) is 10.1. The second kappa shape index (κ2) is 4.70. The molecule has 7 nitrogen and oxygen atoms in total. The number of halogens is 1. The van der Waals surface area contributed by atoms with Gasteiger partial charge < -0.3 is 9.47 Å². The Balaban J connectivity index is 2.34. The summed E-state index contributed by atoms with van der Waals surface area (Å²) in [6, 6.07) is 0.190. The van der Waals surface area contributed by atoms with Crippen LogP contribution in [0, 0.1) is 0 Å². The summed E-state index contributed by atoms with van der Waals surface area (Å²) in [6.45, 7) is 0.372. The van der Waals surface area contributed by atoms with Crippen molar-refractivity contribution in [3.05, 3.63) is 0 Å². The highest BCUT2D eigenvalue weighted by molar-refractivity contribution is 6.24. The van der Waals surface area contributed by atoms with Crippen LogP contribution in [0.3, 0.4) is 0 Å². The van der Waals surface area contributed by atoms with Gasteiger partial charge in [-0.1, -0.05) is 0 Å². The van der Waals surface area contributed by atoms with Crippen LogP contribution >= 0.6 is 11.6 Å². The van der Waals surface area contributed by atoms with Gasteiger partial charge in [-0.3, -0.25) is 9.69 Å². The summed E-state index contributed by atoms with van der Waals surface area (Å²) in [4.78, 5) is 24.9. The van der Waals surface area contributed by atoms with Gasteiger partial charge in [0.1, 0.15) is 0 Å². The molecule has 0 spiro atoms. The van der Waals surface area contributed by atoms with Crippen LogP contribution in [0.1, 0.15) is 6.42 Å². The van der Waals surface area contributed by atoms with Gasteiger partial charge in [0.25, 0.3) is 0 Å². The molecule has 2 rings (SSSR count). The highest BCUT2D eigenvalue weighted by Crippen LogP contribution is 2.23. The molecular formula is C9H11ClN4O3. The quantitative estimate of drug-likeness (QED) is 0.723. The van der Waals surface area contributed by atoms with E-state index >= 15 is 0 Å². The maximum atomic E-state index is 11.6. The minimum absolute atomic E-state index is 0.0951. The summed E-state index contributed by atoms with van der Waals surface area (Å²) in [6.07, 6.45) is 0.276. The van der Waals surface area contributed by atoms with Crippen LogP contribution in [0.4, 0.5) is 5.95 Å². The number of ether oxygens (including phenoxy) is 2. The van der Waals surface area contributed by atoms with Gasteiger partial charge in [0.05, 0.1) is 19.6 Å². The molecule has 1 fully saturated rings. The fraction of sp³-hybridized carbons (Fsp3) is 0.556. The minimum Gasteiger partial charge on any atom is -0.467 e. The van der Waals surface area contributed by atoms with Crippen LogP contribution in [0.2, 0.25) is 0 Å². The van der Waals surface area contributed by atoms with E-state index in [9.17, 15) is 4.79 Å². The van der Waals surface area contributed by atoms with Crippen molar-refractivity contribution in [2.75, 3.05) is 25.7 Å². The van der Waals surface area contributed by atoms with Gasteiger partial charge in [-0.2, -0.15) is 9.97 Å². The summed E-state index contributed by atoms with van der Waals surface area (Å²) >= 11 is 5.90. The van der Waals surface area contributed by atoms with E-state index in [-0.39, 0.29) is 35.7 Å². The van der Waals surface area contributed by atoms with Crippen molar-refractivity contribution in [2.45, 2.75) is 11.8 Å². The van der Waals surface area contributed by atoms with Crippen LogP contribution in [0.5, 0.6) is 12.0 Å². The topological polar surface area (TPSA) is 77.4 Å². The molecular weight excluding hydrogens is 248 g/mol. The molecule has 0 radical (unpaired) electrons. The smallest absolute Gasteiger partial charge is 0.324 e. The molecule has 0 saturated carbocycles. The number of nitrogens with zero attached hydrogens (tertiary/aromatic N) is 4. The van der Waals surface area contributed by atoms with E-state index in [0.717, 1.165) is 0 Å². The van der Waals surface area contributed by atoms with Crippen LogP contribution in [0.15, 0.2) is 0 Å². The predicted molar refractivity (Wildman–Crippen MR) is 59.5 cm³/mol. The first-order valence-corrected chi connectivity index (χ1v) is 5.36. The molecule has 1 aliphatic heterocycles. The molecule has 8 heteroatoms. The molecule has 0 aliphatic carbocycles. The van der Waals surface area contributed by atoms with Gasteiger partial charge in [0, 0.05) is 13.0 Å². The number of hydrogen-bond acceptors (Lipinski definition) is 6. The molecule has 17 heavy (non-hydrogen) atoms. The van der Waals surface area contributed by atoms with Crippen molar-refractivity contribution in [1.29, 1.82) is 0 Å². The summed E-state index contributed by atoms with van der Waals surface area (Å²) in [5.74, 6) is 0.0714. The molecule has 2 heterocycles. The lowest BCUT2D eigenvalue weighted by Crippen LogP contribution is -2.27. The summed E-state index contributed by atoms with van der Waals surface area (Å²) in [7, 11) is 2.85. The van der Waals surface area contributed by atoms with E-state index in [4.69, 9.17) is 21.1 Å². The van der Waals surface area contributed by atoms with Gasteiger partial charge in [0.2, 0.25) is 11.9 Å². The zero-order chi connectivity index (χ0) is 12.4. The highest BCUT2D eigenvalue weighted by atomic mass is 35.5. The number of carbonyl (C=O) groups excluding carboxylic acids is 1. The number of carbonyl (C=O) groups is 1. The van der Waals surface area contributed by atoms with Crippen LogP contribution in [-0.4, -0.2) is 47.0 Å². The second-order valence-electron chi connectivity index (χ2n) is 3.41. The minimum atomic E-state index is -0.226. The monoisotopic (exact) mass is 258 g/mol. The normalized spacial score (nSPS) is 19.6. The molecule has 1 amide bonds. The summed E-state index contributed by atoms with van der Waals surface area (Å²) in [5, 5.41) is -0.226. The lowest BCUT2D eigenvalue weighted by molar-refractivity contribution is -0.117. The second-order valence-corrected chi connectivity index (χ2v) is 4.03. The summed E-state index contributed by atoms with van der Waals surface area (Å²) in [5.41, 5.74) is 0. The Morgan fingerprint density at radius 2 is 1.82 bits per heavy atom. The predicted octanol–water partition coefficient (Wildman–Crippen LogP) is 0.233. The molecule has 1 atom stereocenters. The van der Waals surface area contributed by atoms with Crippen molar-refractivity contribution < 1.29 is 14.3 Å². The van der Waals surface area contributed by atoms with Crippen molar-refractivity contribution in [3.8, 4) is 12.0 Å². The van der Waals surface area contributed by atoms with Gasteiger partial charge >= 0.3 is 12.0 Å². The van der Waals surface area contributed by atoms with E-state index in [1.807, 2.05) is 0 Å². The van der Waals surface area contributed by atoms with Gasteiger partial charge in [0.15, 0.2) is 0 Å². The number of amides is 1. The van der Waals surface area contributed by atoms with Crippen molar-refractivity contribution in [3.63, 3.8) is 0 Å².